The lowest BCUT2D eigenvalue weighted by Crippen LogP contribution is -2.51. The highest BCUT2D eigenvalue weighted by Crippen LogP contribution is 2.05. The zero-order valence-corrected chi connectivity index (χ0v) is 6.37. The van der Waals surface area contributed by atoms with Gasteiger partial charge in [-0.15, -0.1) is 0 Å². The van der Waals surface area contributed by atoms with Crippen molar-refractivity contribution >= 4 is 11.9 Å². The van der Waals surface area contributed by atoms with E-state index in [-0.39, 0.29) is 12.4 Å². The fourth-order valence-electron chi connectivity index (χ4n) is 0.539. The highest BCUT2D eigenvalue weighted by atomic mass is 16.1. The third kappa shape index (κ3) is 2.42. The fourth-order valence-corrected chi connectivity index (χ4v) is 0.539. The van der Waals surface area contributed by atoms with Gasteiger partial charge in [0, 0.05) is 0 Å². The summed E-state index contributed by atoms with van der Waals surface area (Å²) in [5.74, 6) is -0.985. The van der Waals surface area contributed by atoms with Crippen LogP contribution in [-0.4, -0.2) is 17.5 Å². The average Bonchev–Trinajstić information content (AvgIpc) is 1.86. The van der Waals surface area contributed by atoms with Gasteiger partial charge in [0.1, 0.15) is 0 Å². The van der Waals surface area contributed by atoms with Gasteiger partial charge in [0.05, 0.1) is 0 Å². The van der Waals surface area contributed by atoms with Crippen molar-refractivity contribution in [3.05, 3.63) is 0 Å². The van der Waals surface area contributed by atoms with Crippen molar-refractivity contribution in [2.45, 2.75) is 19.0 Å². The van der Waals surface area contributed by atoms with E-state index in [1.165, 1.54) is 0 Å². The smallest absolute Gasteiger partial charge is 0.260 e. The molecule has 0 aromatic heterocycles. The van der Waals surface area contributed by atoms with Crippen molar-refractivity contribution in [2.75, 3.05) is 0 Å². The first-order valence-electron chi connectivity index (χ1n) is 3.12. The van der Waals surface area contributed by atoms with Crippen molar-refractivity contribution in [1.29, 1.82) is 0 Å². The Labute approximate surface area is 64.6 Å². The zero-order valence-electron chi connectivity index (χ0n) is 6.37. The molecule has 0 spiro atoms. The molecule has 0 fully saturated rings. The predicted octanol–water partition coefficient (Wildman–Crippen LogP) is -2.19. The van der Waals surface area contributed by atoms with Crippen LogP contribution in [0.2, 0.25) is 0 Å². The van der Waals surface area contributed by atoms with Gasteiger partial charge in [-0.05, 0) is 6.42 Å². The van der Waals surface area contributed by atoms with Gasteiger partial charge in [-0.2, -0.15) is 0 Å². The number of carbonyl (C=O) groups is 1. The second-order valence-electron chi connectivity index (χ2n) is 2.18. The maximum absolute atomic E-state index is 10.7. The van der Waals surface area contributed by atoms with Gasteiger partial charge < -0.3 is 17.2 Å². The third-order valence-corrected chi connectivity index (χ3v) is 1.29. The molecule has 0 saturated carbocycles. The summed E-state index contributed by atoms with van der Waals surface area (Å²) in [5, 5.41) is 0. The van der Waals surface area contributed by atoms with Gasteiger partial charge in [0.2, 0.25) is 0 Å². The van der Waals surface area contributed by atoms with Crippen molar-refractivity contribution in [2.24, 2.45) is 27.9 Å². The summed E-state index contributed by atoms with van der Waals surface area (Å²) in [6, 6.07) is 0. The van der Waals surface area contributed by atoms with Gasteiger partial charge in [0.15, 0.2) is 11.6 Å². The number of guanidine groups is 1. The van der Waals surface area contributed by atoms with Gasteiger partial charge in [-0.3, -0.25) is 10.5 Å². The van der Waals surface area contributed by atoms with Crippen LogP contribution < -0.4 is 22.9 Å². The first-order chi connectivity index (χ1) is 4.92. The first kappa shape index (κ1) is 9.70. The number of nitrogens with zero attached hydrogens (tertiary/aromatic N) is 1. The molecule has 0 heterocycles. The van der Waals surface area contributed by atoms with E-state index in [4.69, 9.17) is 22.9 Å². The SMILES string of the molecule is CCC(N)(N=C(N)N)C(N)=O. The Balaban J connectivity index is 4.62. The minimum Gasteiger partial charge on any atom is -0.370 e. The molecule has 8 N–H and O–H groups in total. The summed E-state index contributed by atoms with van der Waals surface area (Å²) in [6.07, 6.45) is 0.264. The molecule has 1 unspecified atom stereocenters. The summed E-state index contributed by atoms with van der Waals surface area (Å²) in [7, 11) is 0. The lowest BCUT2D eigenvalue weighted by atomic mass is 10.1. The molecule has 0 aromatic carbocycles. The fraction of sp³-hybridized carbons (Fsp3) is 0.600. The lowest BCUT2D eigenvalue weighted by Gasteiger charge is -2.18. The maximum Gasteiger partial charge on any atom is 0.260 e. The van der Waals surface area contributed by atoms with Crippen LogP contribution in [0, 0.1) is 0 Å². The number of amides is 1. The largest absolute Gasteiger partial charge is 0.370 e. The number of nitrogens with two attached hydrogens (primary N) is 4. The average molecular weight is 159 g/mol. The molecule has 0 bridgehead atoms. The van der Waals surface area contributed by atoms with Crippen molar-refractivity contribution < 1.29 is 4.79 Å². The summed E-state index contributed by atoms with van der Waals surface area (Å²) >= 11 is 0. The van der Waals surface area contributed by atoms with Crippen LogP contribution >= 0.6 is 0 Å². The number of rotatable bonds is 3. The van der Waals surface area contributed by atoms with E-state index in [2.05, 4.69) is 4.99 Å². The van der Waals surface area contributed by atoms with Crippen LogP contribution in [0.3, 0.4) is 0 Å². The van der Waals surface area contributed by atoms with Gasteiger partial charge in [0.25, 0.3) is 5.91 Å². The van der Waals surface area contributed by atoms with Gasteiger partial charge in [-0.25, -0.2) is 4.99 Å². The van der Waals surface area contributed by atoms with Crippen LogP contribution in [0.1, 0.15) is 13.3 Å². The number of hydrogen-bond donors (Lipinski definition) is 4. The molecular weight excluding hydrogens is 146 g/mol. The summed E-state index contributed by atoms with van der Waals surface area (Å²) in [5.41, 5.74) is 19.0. The van der Waals surface area contributed by atoms with Crippen molar-refractivity contribution in [3.8, 4) is 0 Å². The van der Waals surface area contributed by atoms with E-state index in [9.17, 15) is 4.79 Å². The topological polar surface area (TPSA) is 134 Å². The molecule has 0 aliphatic heterocycles. The van der Waals surface area contributed by atoms with Crippen molar-refractivity contribution in [3.63, 3.8) is 0 Å². The van der Waals surface area contributed by atoms with E-state index in [1.54, 1.807) is 6.92 Å². The third-order valence-electron chi connectivity index (χ3n) is 1.29. The maximum atomic E-state index is 10.7. The molecule has 6 nitrogen and oxygen atoms in total. The number of primary amides is 1. The second-order valence-corrected chi connectivity index (χ2v) is 2.18. The van der Waals surface area contributed by atoms with E-state index in [0.29, 0.717) is 0 Å². The monoisotopic (exact) mass is 159 g/mol. The Hall–Kier alpha value is -1.30. The molecule has 0 aliphatic carbocycles. The highest BCUT2D eigenvalue weighted by Gasteiger charge is 2.28. The minimum atomic E-state index is -1.46. The number of hydrogen-bond acceptors (Lipinski definition) is 3. The molecule has 0 aromatic rings. The molecule has 64 valence electrons. The molecule has 0 saturated heterocycles. The molecule has 0 aliphatic rings. The number of aliphatic imine (C=N–C) groups is 1. The standard InChI is InChI=1S/C5H13N5O/c1-2-5(9,3(6)11)10-4(7)8/h2,9H2,1H3,(H2,6,11)(H4,7,8,10). The Kier molecular flexibility index (Phi) is 2.82. The van der Waals surface area contributed by atoms with Crippen LogP contribution in [-0.2, 0) is 4.79 Å². The second kappa shape index (κ2) is 3.20. The lowest BCUT2D eigenvalue weighted by molar-refractivity contribution is -0.122. The summed E-state index contributed by atoms with van der Waals surface area (Å²) < 4.78 is 0. The highest BCUT2D eigenvalue weighted by molar-refractivity contribution is 5.88. The van der Waals surface area contributed by atoms with Gasteiger partial charge in [-0.1, -0.05) is 6.92 Å². The van der Waals surface area contributed by atoms with Crippen LogP contribution in [0.4, 0.5) is 0 Å². The Morgan fingerprint density at radius 3 is 2.00 bits per heavy atom. The Morgan fingerprint density at radius 2 is 1.91 bits per heavy atom. The number of carbonyl (C=O) groups excluding carboxylic acids is 1. The zero-order chi connectivity index (χ0) is 9.07. The molecule has 1 atom stereocenters. The van der Waals surface area contributed by atoms with Crippen LogP contribution in [0.15, 0.2) is 4.99 Å². The van der Waals surface area contributed by atoms with E-state index < -0.39 is 11.6 Å². The summed E-state index contributed by atoms with van der Waals surface area (Å²) in [6.45, 7) is 1.66. The van der Waals surface area contributed by atoms with Crippen LogP contribution in [0.25, 0.3) is 0 Å². The van der Waals surface area contributed by atoms with Gasteiger partial charge >= 0.3 is 0 Å². The molecule has 1 amide bonds. The Bertz CT molecular complexity index is 185. The molecule has 0 radical (unpaired) electrons. The molecule has 0 rings (SSSR count). The Morgan fingerprint density at radius 1 is 1.45 bits per heavy atom. The van der Waals surface area contributed by atoms with Crippen LogP contribution in [0.5, 0.6) is 0 Å². The van der Waals surface area contributed by atoms with E-state index in [0.717, 1.165) is 0 Å². The van der Waals surface area contributed by atoms with E-state index in [1.807, 2.05) is 0 Å². The first-order valence-corrected chi connectivity index (χ1v) is 3.12. The minimum absolute atomic E-state index is 0.242. The molecule has 6 heteroatoms. The summed E-state index contributed by atoms with van der Waals surface area (Å²) in [4.78, 5) is 14.2. The quantitative estimate of drug-likeness (QED) is 0.275. The van der Waals surface area contributed by atoms with Crippen molar-refractivity contribution in [1.82, 2.24) is 0 Å². The normalized spacial score (nSPS) is 15.1. The van der Waals surface area contributed by atoms with E-state index >= 15 is 0 Å². The molecular formula is C5H13N5O. The molecule has 11 heavy (non-hydrogen) atoms. The predicted molar refractivity (Wildman–Crippen MR) is 42.2 cm³/mol.